The van der Waals surface area contributed by atoms with Gasteiger partial charge in [0.1, 0.15) is 11.5 Å². The predicted octanol–water partition coefficient (Wildman–Crippen LogP) is 3.83. The molecule has 0 fully saturated rings. The zero-order valence-corrected chi connectivity index (χ0v) is 18.1. The number of hydrogen-bond donors (Lipinski definition) is 1. The van der Waals surface area contributed by atoms with Crippen molar-refractivity contribution in [3.63, 3.8) is 0 Å². The van der Waals surface area contributed by atoms with Gasteiger partial charge >= 0.3 is 5.97 Å². The number of hydrogen-bond acceptors (Lipinski definition) is 7. The van der Waals surface area contributed by atoms with E-state index in [0.29, 0.717) is 35.2 Å². The molecule has 0 unspecified atom stereocenters. The molecule has 8 nitrogen and oxygen atoms in total. The molecular weight excluding hydrogens is 412 g/mol. The van der Waals surface area contributed by atoms with Crippen molar-refractivity contribution in [3.05, 3.63) is 71.5 Å². The molecule has 166 valence electrons. The molecule has 0 spiro atoms. The Morgan fingerprint density at radius 1 is 1.00 bits per heavy atom. The molecule has 0 aliphatic rings. The SMILES string of the molecule is CCOC(=O)c1ccc(-c2ccc(/C=N/NC(=O)Cc3ccc(OC)c(OC)c3)o2)cc1. The third-order valence-corrected chi connectivity index (χ3v) is 4.50. The van der Waals surface area contributed by atoms with Gasteiger partial charge in [0, 0.05) is 5.56 Å². The molecule has 1 heterocycles. The Hall–Kier alpha value is -4.07. The fraction of sp³-hybridized carbons (Fsp3) is 0.208. The number of nitrogens with one attached hydrogen (secondary N) is 1. The number of hydrazone groups is 1. The van der Waals surface area contributed by atoms with E-state index in [9.17, 15) is 9.59 Å². The number of ether oxygens (including phenoxy) is 3. The zero-order chi connectivity index (χ0) is 22.9. The van der Waals surface area contributed by atoms with Gasteiger partial charge in [-0.2, -0.15) is 5.10 Å². The number of methoxy groups -OCH3 is 2. The van der Waals surface area contributed by atoms with Gasteiger partial charge in [-0.05, 0) is 48.9 Å². The molecule has 0 radical (unpaired) electrons. The van der Waals surface area contributed by atoms with Crippen molar-refractivity contribution < 1.29 is 28.2 Å². The molecule has 0 saturated heterocycles. The maximum Gasteiger partial charge on any atom is 0.338 e. The van der Waals surface area contributed by atoms with E-state index in [-0.39, 0.29) is 18.3 Å². The normalized spacial score (nSPS) is 10.7. The minimum absolute atomic E-state index is 0.133. The lowest BCUT2D eigenvalue weighted by Crippen LogP contribution is -2.19. The third kappa shape index (κ3) is 5.75. The summed E-state index contributed by atoms with van der Waals surface area (Å²) >= 11 is 0. The van der Waals surface area contributed by atoms with Gasteiger partial charge in [-0.3, -0.25) is 4.79 Å². The van der Waals surface area contributed by atoms with Crippen molar-refractivity contribution in [1.29, 1.82) is 0 Å². The average Bonchev–Trinajstić information content (AvgIpc) is 3.28. The van der Waals surface area contributed by atoms with E-state index >= 15 is 0 Å². The van der Waals surface area contributed by atoms with Crippen LogP contribution in [0.1, 0.15) is 28.6 Å². The fourth-order valence-corrected chi connectivity index (χ4v) is 2.95. The van der Waals surface area contributed by atoms with Crippen LogP contribution in [-0.2, 0) is 16.0 Å². The van der Waals surface area contributed by atoms with E-state index in [2.05, 4.69) is 10.5 Å². The largest absolute Gasteiger partial charge is 0.493 e. The second kappa shape index (κ2) is 10.8. The highest BCUT2D eigenvalue weighted by Crippen LogP contribution is 2.27. The van der Waals surface area contributed by atoms with E-state index < -0.39 is 0 Å². The van der Waals surface area contributed by atoms with Crippen LogP contribution in [0, 0.1) is 0 Å². The van der Waals surface area contributed by atoms with Crippen molar-refractivity contribution in [2.75, 3.05) is 20.8 Å². The standard InChI is InChI=1S/C24H24N2O6/c1-4-31-24(28)18-8-6-17(7-9-18)20-12-10-19(32-20)15-25-26-23(27)14-16-5-11-21(29-2)22(13-16)30-3/h5-13,15H,4,14H2,1-3H3,(H,26,27)/b25-15+. The van der Waals surface area contributed by atoms with E-state index in [1.54, 1.807) is 75.7 Å². The van der Waals surface area contributed by atoms with Gasteiger partial charge in [-0.1, -0.05) is 18.2 Å². The van der Waals surface area contributed by atoms with Gasteiger partial charge in [0.05, 0.1) is 39.0 Å². The van der Waals surface area contributed by atoms with Crippen molar-refractivity contribution in [2.24, 2.45) is 5.10 Å². The minimum atomic E-state index is -0.366. The fourth-order valence-electron chi connectivity index (χ4n) is 2.95. The van der Waals surface area contributed by atoms with E-state index in [1.165, 1.54) is 6.21 Å². The van der Waals surface area contributed by atoms with Crippen LogP contribution in [-0.4, -0.2) is 38.9 Å². The lowest BCUT2D eigenvalue weighted by atomic mass is 10.1. The van der Waals surface area contributed by atoms with Gasteiger partial charge < -0.3 is 18.6 Å². The maximum absolute atomic E-state index is 12.2. The van der Waals surface area contributed by atoms with Gasteiger partial charge in [-0.25, -0.2) is 10.2 Å². The summed E-state index contributed by atoms with van der Waals surface area (Å²) in [6.45, 7) is 2.09. The molecule has 8 heteroatoms. The number of nitrogens with zero attached hydrogens (tertiary/aromatic N) is 1. The van der Waals surface area contributed by atoms with Crippen LogP contribution in [0.5, 0.6) is 11.5 Å². The number of furan rings is 1. The Kier molecular flexibility index (Phi) is 7.64. The van der Waals surface area contributed by atoms with Gasteiger partial charge in [0.15, 0.2) is 11.5 Å². The number of carbonyl (C=O) groups excluding carboxylic acids is 2. The Morgan fingerprint density at radius 2 is 1.75 bits per heavy atom. The Balaban J connectivity index is 1.56. The minimum Gasteiger partial charge on any atom is -0.493 e. The molecule has 0 aliphatic carbocycles. The summed E-state index contributed by atoms with van der Waals surface area (Å²) in [6.07, 6.45) is 1.55. The molecule has 3 aromatic rings. The third-order valence-electron chi connectivity index (χ3n) is 4.50. The van der Waals surface area contributed by atoms with Crippen molar-refractivity contribution in [1.82, 2.24) is 5.43 Å². The molecule has 2 aromatic carbocycles. The van der Waals surface area contributed by atoms with E-state index in [4.69, 9.17) is 18.6 Å². The first-order valence-corrected chi connectivity index (χ1v) is 9.94. The predicted molar refractivity (Wildman–Crippen MR) is 119 cm³/mol. The Labute approximate surface area is 185 Å². The molecule has 1 amide bonds. The van der Waals surface area contributed by atoms with Crippen LogP contribution < -0.4 is 14.9 Å². The number of benzene rings is 2. The summed E-state index contributed by atoms with van der Waals surface area (Å²) in [7, 11) is 3.09. The zero-order valence-electron chi connectivity index (χ0n) is 18.1. The van der Waals surface area contributed by atoms with Crippen molar-refractivity contribution >= 4 is 18.1 Å². The van der Waals surface area contributed by atoms with Crippen LogP contribution >= 0.6 is 0 Å². The molecule has 3 rings (SSSR count). The molecule has 1 aromatic heterocycles. The Bertz CT molecular complexity index is 1100. The van der Waals surface area contributed by atoms with Crippen LogP contribution in [0.15, 0.2) is 64.1 Å². The highest BCUT2D eigenvalue weighted by atomic mass is 16.5. The highest BCUT2D eigenvalue weighted by Gasteiger charge is 2.10. The summed E-state index contributed by atoms with van der Waals surface area (Å²) in [5.74, 6) is 1.59. The van der Waals surface area contributed by atoms with Crippen LogP contribution in [0.2, 0.25) is 0 Å². The van der Waals surface area contributed by atoms with E-state index in [0.717, 1.165) is 11.1 Å². The van der Waals surface area contributed by atoms with Crippen LogP contribution in [0.25, 0.3) is 11.3 Å². The summed E-state index contributed by atoms with van der Waals surface area (Å²) < 4.78 is 21.1. The first-order chi connectivity index (χ1) is 15.5. The quantitative estimate of drug-likeness (QED) is 0.311. The smallest absolute Gasteiger partial charge is 0.338 e. The summed E-state index contributed by atoms with van der Waals surface area (Å²) in [4.78, 5) is 23.9. The number of esters is 1. The van der Waals surface area contributed by atoms with Crippen LogP contribution in [0.4, 0.5) is 0 Å². The van der Waals surface area contributed by atoms with Crippen LogP contribution in [0.3, 0.4) is 0 Å². The summed E-state index contributed by atoms with van der Waals surface area (Å²) in [5, 5.41) is 3.94. The maximum atomic E-state index is 12.2. The molecule has 0 atom stereocenters. The first-order valence-electron chi connectivity index (χ1n) is 9.94. The van der Waals surface area contributed by atoms with Gasteiger partial charge in [0.25, 0.3) is 0 Å². The second-order valence-corrected chi connectivity index (χ2v) is 6.66. The molecule has 1 N–H and O–H groups in total. The molecule has 32 heavy (non-hydrogen) atoms. The number of carbonyl (C=O) groups is 2. The summed E-state index contributed by atoms with van der Waals surface area (Å²) in [5.41, 5.74) is 4.51. The molecular formula is C24H24N2O6. The lowest BCUT2D eigenvalue weighted by Gasteiger charge is -2.09. The highest BCUT2D eigenvalue weighted by molar-refractivity contribution is 5.90. The van der Waals surface area contributed by atoms with Crippen molar-refractivity contribution in [3.8, 4) is 22.8 Å². The number of amides is 1. The first kappa shape index (κ1) is 22.6. The summed E-state index contributed by atoms with van der Waals surface area (Å²) in [6, 6.07) is 15.7. The average molecular weight is 436 g/mol. The van der Waals surface area contributed by atoms with Gasteiger partial charge in [0.2, 0.25) is 5.91 Å². The lowest BCUT2D eigenvalue weighted by molar-refractivity contribution is -0.120. The van der Waals surface area contributed by atoms with E-state index in [1.807, 2.05) is 0 Å². The molecule has 0 saturated carbocycles. The monoisotopic (exact) mass is 436 g/mol. The van der Waals surface area contributed by atoms with Crippen molar-refractivity contribution in [2.45, 2.75) is 13.3 Å². The van der Waals surface area contributed by atoms with Gasteiger partial charge in [-0.15, -0.1) is 0 Å². The number of rotatable bonds is 9. The second-order valence-electron chi connectivity index (χ2n) is 6.66. The molecule has 0 aliphatic heterocycles. The topological polar surface area (TPSA) is 99.4 Å². The Morgan fingerprint density at radius 3 is 2.44 bits per heavy atom. The molecule has 0 bridgehead atoms.